The van der Waals surface area contributed by atoms with E-state index in [2.05, 4.69) is 12.2 Å². The third-order valence-electron chi connectivity index (χ3n) is 5.25. The van der Waals surface area contributed by atoms with E-state index in [0.29, 0.717) is 5.92 Å². The largest absolute Gasteiger partial charge is 0.312 e. The minimum atomic E-state index is 0.622. The number of nitrogens with zero attached hydrogens (tertiary/aromatic N) is 2. The van der Waals surface area contributed by atoms with Gasteiger partial charge in [0, 0.05) is 36.9 Å². The van der Waals surface area contributed by atoms with Gasteiger partial charge in [-0.25, -0.2) is 9.97 Å². The predicted octanol–water partition coefficient (Wildman–Crippen LogP) is 3.29. The van der Waals surface area contributed by atoms with Crippen molar-refractivity contribution in [2.45, 2.75) is 70.3 Å². The number of hydrogen-bond donors (Lipinski definition) is 1. The minimum Gasteiger partial charge on any atom is -0.312 e. The molecule has 2 atom stereocenters. The van der Waals surface area contributed by atoms with Crippen LogP contribution in [-0.2, 0) is 13.0 Å². The fraction of sp³-hybridized carbons (Fsp3) is 0.765. The Kier molecular flexibility index (Phi) is 3.25. The maximum absolute atomic E-state index is 5.06. The molecule has 0 amide bonds. The van der Waals surface area contributed by atoms with Crippen molar-refractivity contribution < 1.29 is 0 Å². The van der Waals surface area contributed by atoms with Gasteiger partial charge in [-0.1, -0.05) is 19.8 Å². The van der Waals surface area contributed by atoms with Gasteiger partial charge < -0.3 is 5.32 Å². The normalized spacial score (nSPS) is 30.1. The Morgan fingerprint density at radius 1 is 1.05 bits per heavy atom. The zero-order valence-corrected chi connectivity index (χ0v) is 12.5. The Morgan fingerprint density at radius 3 is 2.75 bits per heavy atom. The lowest BCUT2D eigenvalue weighted by Gasteiger charge is -2.28. The molecule has 0 radical (unpaired) electrons. The number of hydrogen-bond acceptors (Lipinski definition) is 3. The molecule has 0 aromatic carbocycles. The van der Waals surface area contributed by atoms with E-state index >= 15 is 0 Å². The van der Waals surface area contributed by atoms with E-state index in [1.54, 1.807) is 0 Å². The van der Waals surface area contributed by atoms with Gasteiger partial charge in [-0.05, 0) is 31.6 Å². The first-order chi connectivity index (χ1) is 9.81. The van der Waals surface area contributed by atoms with Crippen LogP contribution in [0.1, 0.15) is 80.1 Å². The lowest BCUT2D eigenvalue weighted by molar-refractivity contribution is 0.333. The second kappa shape index (κ2) is 5.10. The molecule has 1 aromatic rings. The molecule has 20 heavy (non-hydrogen) atoms. The Hall–Kier alpha value is -0.960. The summed E-state index contributed by atoms with van der Waals surface area (Å²) in [6.07, 6.45) is 9.10. The van der Waals surface area contributed by atoms with E-state index in [0.717, 1.165) is 31.3 Å². The van der Waals surface area contributed by atoms with Crippen LogP contribution >= 0.6 is 0 Å². The van der Waals surface area contributed by atoms with Gasteiger partial charge in [0.15, 0.2) is 0 Å². The summed E-state index contributed by atoms with van der Waals surface area (Å²) in [6.45, 7) is 4.45. The van der Waals surface area contributed by atoms with Crippen LogP contribution in [0.3, 0.4) is 0 Å². The fourth-order valence-corrected chi connectivity index (χ4v) is 3.93. The fourth-order valence-electron chi connectivity index (χ4n) is 3.93. The smallest absolute Gasteiger partial charge is 0.131 e. The maximum atomic E-state index is 5.06. The average Bonchev–Trinajstić information content (AvgIpc) is 3.31. The first-order valence-electron chi connectivity index (χ1n) is 8.41. The molecule has 1 aliphatic heterocycles. The summed E-state index contributed by atoms with van der Waals surface area (Å²) in [4.78, 5) is 10.0. The number of fused-ring (bicyclic) bond motifs is 1. The second-order valence-electron chi connectivity index (χ2n) is 7.06. The summed E-state index contributed by atoms with van der Waals surface area (Å²) >= 11 is 0. The summed E-state index contributed by atoms with van der Waals surface area (Å²) in [7, 11) is 0. The van der Waals surface area contributed by atoms with Crippen LogP contribution in [0.4, 0.5) is 0 Å². The molecule has 0 spiro atoms. The summed E-state index contributed by atoms with van der Waals surface area (Å²) in [5.41, 5.74) is 4.19. The Morgan fingerprint density at radius 2 is 1.95 bits per heavy atom. The summed E-state index contributed by atoms with van der Waals surface area (Å²) in [5.74, 6) is 3.39. The zero-order chi connectivity index (χ0) is 13.5. The molecular formula is C17H25N3. The third kappa shape index (κ3) is 2.37. The van der Waals surface area contributed by atoms with E-state index in [9.17, 15) is 0 Å². The predicted molar refractivity (Wildman–Crippen MR) is 79.8 cm³/mol. The standard InChI is InChI=1S/C17H25N3/c1-11-3-2-4-13(9-11)17-19-15-7-8-18-10-14(15)16(20-17)12-5-6-12/h11-13,18H,2-10H2,1H3. The molecule has 2 aliphatic carbocycles. The zero-order valence-electron chi connectivity index (χ0n) is 12.5. The molecular weight excluding hydrogens is 246 g/mol. The van der Waals surface area contributed by atoms with Crippen molar-refractivity contribution in [3.8, 4) is 0 Å². The Balaban J connectivity index is 1.70. The highest BCUT2D eigenvalue weighted by Crippen LogP contribution is 2.43. The van der Waals surface area contributed by atoms with E-state index < -0.39 is 0 Å². The van der Waals surface area contributed by atoms with Crippen LogP contribution in [0.25, 0.3) is 0 Å². The van der Waals surface area contributed by atoms with E-state index in [4.69, 9.17) is 9.97 Å². The minimum absolute atomic E-state index is 0.622. The quantitative estimate of drug-likeness (QED) is 0.897. The van der Waals surface area contributed by atoms with Crippen molar-refractivity contribution in [1.82, 2.24) is 15.3 Å². The Bertz CT molecular complexity index is 507. The van der Waals surface area contributed by atoms with Crippen molar-refractivity contribution >= 4 is 0 Å². The van der Waals surface area contributed by atoms with E-state index in [1.807, 2.05) is 0 Å². The van der Waals surface area contributed by atoms with Crippen LogP contribution in [0.15, 0.2) is 0 Å². The number of nitrogens with one attached hydrogen (secondary N) is 1. The van der Waals surface area contributed by atoms with Crippen molar-refractivity contribution in [3.05, 3.63) is 22.8 Å². The van der Waals surface area contributed by atoms with Crippen molar-refractivity contribution in [2.24, 2.45) is 5.92 Å². The van der Waals surface area contributed by atoms with Gasteiger partial charge in [0.1, 0.15) is 5.82 Å². The molecule has 108 valence electrons. The topological polar surface area (TPSA) is 37.8 Å². The molecule has 0 saturated heterocycles. The first kappa shape index (κ1) is 12.8. The molecule has 2 heterocycles. The van der Waals surface area contributed by atoms with Gasteiger partial charge in [0.05, 0.1) is 11.4 Å². The van der Waals surface area contributed by atoms with Gasteiger partial charge in [0.2, 0.25) is 0 Å². The summed E-state index contributed by atoms with van der Waals surface area (Å²) < 4.78 is 0. The molecule has 0 bridgehead atoms. The molecule has 2 saturated carbocycles. The van der Waals surface area contributed by atoms with Crippen LogP contribution in [-0.4, -0.2) is 16.5 Å². The Labute approximate surface area is 121 Å². The molecule has 4 rings (SSSR count). The summed E-state index contributed by atoms with van der Waals surface area (Å²) in [6, 6.07) is 0. The number of aromatic nitrogens is 2. The molecule has 1 aromatic heterocycles. The van der Waals surface area contributed by atoms with Crippen LogP contribution < -0.4 is 5.32 Å². The highest BCUT2D eigenvalue weighted by atomic mass is 15.0. The van der Waals surface area contributed by atoms with E-state index in [1.165, 1.54) is 61.3 Å². The lowest BCUT2D eigenvalue weighted by Crippen LogP contribution is -2.28. The monoisotopic (exact) mass is 271 g/mol. The van der Waals surface area contributed by atoms with Crippen LogP contribution in [0.2, 0.25) is 0 Å². The van der Waals surface area contributed by atoms with Crippen LogP contribution in [0.5, 0.6) is 0 Å². The molecule has 3 heteroatoms. The van der Waals surface area contributed by atoms with Gasteiger partial charge in [-0.2, -0.15) is 0 Å². The summed E-state index contributed by atoms with van der Waals surface area (Å²) in [5, 5.41) is 3.49. The van der Waals surface area contributed by atoms with E-state index in [-0.39, 0.29) is 0 Å². The van der Waals surface area contributed by atoms with Crippen molar-refractivity contribution in [3.63, 3.8) is 0 Å². The van der Waals surface area contributed by atoms with Crippen LogP contribution in [0, 0.1) is 5.92 Å². The average molecular weight is 271 g/mol. The first-order valence-corrected chi connectivity index (χ1v) is 8.41. The lowest BCUT2D eigenvalue weighted by atomic mass is 9.82. The number of rotatable bonds is 2. The second-order valence-corrected chi connectivity index (χ2v) is 7.06. The highest BCUT2D eigenvalue weighted by Gasteiger charge is 2.32. The van der Waals surface area contributed by atoms with Gasteiger partial charge in [-0.15, -0.1) is 0 Å². The molecule has 2 fully saturated rings. The van der Waals surface area contributed by atoms with Gasteiger partial charge in [-0.3, -0.25) is 0 Å². The van der Waals surface area contributed by atoms with Crippen molar-refractivity contribution in [2.75, 3.05) is 6.54 Å². The maximum Gasteiger partial charge on any atom is 0.131 e. The molecule has 1 N–H and O–H groups in total. The van der Waals surface area contributed by atoms with Crippen molar-refractivity contribution in [1.29, 1.82) is 0 Å². The third-order valence-corrected chi connectivity index (χ3v) is 5.25. The molecule has 3 nitrogen and oxygen atoms in total. The molecule has 3 aliphatic rings. The SMILES string of the molecule is CC1CCCC(c2nc3c(c(C4CC4)n2)CNCC3)C1. The van der Waals surface area contributed by atoms with Gasteiger partial charge in [0.25, 0.3) is 0 Å². The van der Waals surface area contributed by atoms with Gasteiger partial charge >= 0.3 is 0 Å². The molecule has 2 unspecified atom stereocenters. The highest BCUT2D eigenvalue weighted by molar-refractivity contribution is 5.33.